The van der Waals surface area contributed by atoms with Gasteiger partial charge in [-0.1, -0.05) is 42.5 Å². The average molecular weight is 280 g/mol. The Kier molecular flexibility index (Phi) is 4.26. The lowest BCUT2D eigenvalue weighted by molar-refractivity contribution is 0.775. The van der Waals surface area contributed by atoms with Gasteiger partial charge in [0.05, 0.1) is 0 Å². The molecule has 1 aliphatic heterocycles. The molecule has 2 heteroatoms. The second kappa shape index (κ2) is 6.31. The number of nitrogens with zero attached hydrogens (tertiary/aromatic N) is 1. The first-order chi connectivity index (χ1) is 10.3. The Morgan fingerprint density at radius 2 is 1.95 bits per heavy atom. The summed E-state index contributed by atoms with van der Waals surface area (Å²) in [4.78, 5) is 2.54. The molecule has 0 saturated carbocycles. The monoisotopic (exact) mass is 280 g/mol. The van der Waals surface area contributed by atoms with Crippen LogP contribution in [0.2, 0.25) is 0 Å². The molecule has 1 saturated heterocycles. The maximum absolute atomic E-state index is 3.22. The van der Waals surface area contributed by atoms with E-state index in [4.69, 9.17) is 0 Å². The van der Waals surface area contributed by atoms with Crippen molar-refractivity contribution in [3.05, 3.63) is 65.2 Å². The molecule has 3 rings (SSSR count). The molecule has 1 aliphatic rings. The van der Waals surface area contributed by atoms with Crippen LogP contribution in [0.1, 0.15) is 29.0 Å². The summed E-state index contributed by atoms with van der Waals surface area (Å²) in [7, 11) is 1.99. The van der Waals surface area contributed by atoms with Gasteiger partial charge < -0.3 is 10.2 Å². The molecular formula is C19H24N2. The van der Waals surface area contributed by atoms with Crippen LogP contribution in [0.25, 0.3) is 0 Å². The second-order valence-electron chi connectivity index (χ2n) is 5.99. The first-order valence-electron chi connectivity index (χ1n) is 7.82. The Bertz CT molecular complexity index is 592. The third-order valence-corrected chi connectivity index (χ3v) is 4.44. The van der Waals surface area contributed by atoms with E-state index in [1.54, 1.807) is 0 Å². The van der Waals surface area contributed by atoms with Gasteiger partial charge in [-0.15, -0.1) is 0 Å². The zero-order valence-corrected chi connectivity index (χ0v) is 13.0. The van der Waals surface area contributed by atoms with E-state index in [0.717, 1.165) is 19.6 Å². The van der Waals surface area contributed by atoms with Crippen LogP contribution < -0.4 is 10.2 Å². The third-order valence-electron chi connectivity index (χ3n) is 4.44. The van der Waals surface area contributed by atoms with Gasteiger partial charge in [-0.3, -0.25) is 0 Å². The lowest BCUT2D eigenvalue weighted by atomic mass is 9.99. The number of nitrogens with one attached hydrogen (secondary N) is 1. The van der Waals surface area contributed by atoms with E-state index in [1.807, 2.05) is 7.05 Å². The molecule has 21 heavy (non-hydrogen) atoms. The summed E-state index contributed by atoms with van der Waals surface area (Å²) >= 11 is 0. The van der Waals surface area contributed by atoms with E-state index in [1.165, 1.54) is 28.8 Å². The third kappa shape index (κ3) is 3.11. The van der Waals surface area contributed by atoms with Crippen molar-refractivity contribution in [1.29, 1.82) is 0 Å². The topological polar surface area (TPSA) is 15.3 Å². The zero-order chi connectivity index (χ0) is 14.7. The predicted molar refractivity (Wildman–Crippen MR) is 90.0 cm³/mol. The van der Waals surface area contributed by atoms with E-state index in [0.29, 0.717) is 5.92 Å². The van der Waals surface area contributed by atoms with E-state index in [2.05, 4.69) is 65.7 Å². The van der Waals surface area contributed by atoms with Gasteiger partial charge in [0.25, 0.3) is 0 Å². The minimum absolute atomic E-state index is 0.669. The predicted octanol–water partition coefficient (Wildman–Crippen LogP) is 3.71. The molecule has 0 amide bonds. The van der Waals surface area contributed by atoms with Crippen LogP contribution in [0.15, 0.2) is 48.5 Å². The maximum atomic E-state index is 3.22. The van der Waals surface area contributed by atoms with E-state index < -0.39 is 0 Å². The number of anilines is 1. The molecule has 0 aliphatic carbocycles. The molecule has 2 aromatic rings. The Labute approximate surface area is 127 Å². The highest BCUT2D eigenvalue weighted by molar-refractivity contribution is 5.55. The Morgan fingerprint density at radius 1 is 1.14 bits per heavy atom. The molecule has 1 fully saturated rings. The summed E-state index contributed by atoms with van der Waals surface area (Å²) in [5.74, 6) is 0.669. The van der Waals surface area contributed by atoms with Gasteiger partial charge in [0, 0.05) is 31.2 Å². The second-order valence-corrected chi connectivity index (χ2v) is 5.99. The van der Waals surface area contributed by atoms with Gasteiger partial charge in [0.15, 0.2) is 0 Å². The lowest BCUT2D eigenvalue weighted by Crippen LogP contribution is -2.20. The van der Waals surface area contributed by atoms with Gasteiger partial charge in [0.2, 0.25) is 0 Å². The van der Waals surface area contributed by atoms with Crippen molar-refractivity contribution >= 4 is 5.69 Å². The summed E-state index contributed by atoms with van der Waals surface area (Å²) < 4.78 is 0. The van der Waals surface area contributed by atoms with E-state index >= 15 is 0 Å². The van der Waals surface area contributed by atoms with Crippen LogP contribution in [0.3, 0.4) is 0 Å². The van der Waals surface area contributed by atoms with Crippen LogP contribution in [-0.2, 0) is 6.54 Å². The number of hydrogen-bond donors (Lipinski definition) is 1. The van der Waals surface area contributed by atoms with E-state index in [-0.39, 0.29) is 0 Å². The molecule has 2 aromatic carbocycles. The van der Waals surface area contributed by atoms with Gasteiger partial charge in [0.1, 0.15) is 0 Å². The zero-order valence-electron chi connectivity index (χ0n) is 13.0. The van der Waals surface area contributed by atoms with Crippen LogP contribution in [-0.4, -0.2) is 20.1 Å². The Balaban J connectivity index is 1.74. The molecule has 0 bridgehead atoms. The molecule has 0 aromatic heterocycles. The van der Waals surface area contributed by atoms with Crippen molar-refractivity contribution < 1.29 is 0 Å². The fourth-order valence-corrected chi connectivity index (χ4v) is 3.36. The first kappa shape index (κ1) is 14.2. The van der Waals surface area contributed by atoms with Crippen molar-refractivity contribution in [1.82, 2.24) is 5.32 Å². The highest BCUT2D eigenvalue weighted by Crippen LogP contribution is 2.32. The Hall–Kier alpha value is -1.80. The van der Waals surface area contributed by atoms with Crippen LogP contribution >= 0.6 is 0 Å². The van der Waals surface area contributed by atoms with Gasteiger partial charge in [-0.25, -0.2) is 0 Å². The van der Waals surface area contributed by atoms with Crippen LogP contribution in [0.5, 0.6) is 0 Å². The molecular weight excluding hydrogens is 256 g/mol. The first-order valence-corrected chi connectivity index (χ1v) is 7.82. The number of rotatable bonds is 4. The van der Waals surface area contributed by atoms with Crippen molar-refractivity contribution in [2.45, 2.75) is 25.8 Å². The minimum Gasteiger partial charge on any atom is -0.371 e. The molecule has 110 valence electrons. The average Bonchev–Trinajstić information content (AvgIpc) is 2.98. The van der Waals surface area contributed by atoms with Gasteiger partial charge >= 0.3 is 0 Å². The highest BCUT2D eigenvalue weighted by atomic mass is 15.2. The largest absolute Gasteiger partial charge is 0.371 e. The van der Waals surface area contributed by atoms with Crippen LogP contribution in [0.4, 0.5) is 5.69 Å². The fourth-order valence-electron chi connectivity index (χ4n) is 3.36. The highest BCUT2D eigenvalue weighted by Gasteiger charge is 2.24. The standard InChI is InChI=1S/C19H24N2/c1-15-12-16(13-20-2)8-9-19(15)21-11-10-18(14-21)17-6-4-3-5-7-17/h3-9,12,18,20H,10-11,13-14H2,1-2H3. The summed E-state index contributed by atoms with van der Waals surface area (Å²) in [6.07, 6.45) is 1.25. The molecule has 0 radical (unpaired) electrons. The smallest absolute Gasteiger partial charge is 0.0396 e. The van der Waals surface area contributed by atoms with Crippen molar-refractivity contribution in [2.24, 2.45) is 0 Å². The summed E-state index contributed by atoms with van der Waals surface area (Å²) in [6.45, 7) is 5.46. The van der Waals surface area contributed by atoms with Gasteiger partial charge in [-0.2, -0.15) is 0 Å². The van der Waals surface area contributed by atoms with Gasteiger partial charge in [-0.05, 0) is 43.1 Å². The van der Waals surface area contributed by atoms with Crippen LogP contribution in [0, 0.1) is 6.92 Å². The summed E-state index contributed by atoms with van der Waals surface area (Å²) in [6, 6.07) is 17.8. The lowest BCUT2D eigenvalue weighted by Gasteiger charge is -2.22. The van der Waals surface area contributed by atoms with Crippen molar-refractivity contribution in [2.75, 3.05) is 25.0 Å². The molecule has 2 nitrogen and oxygen atoms in total. The minimum atomic E-state index is 0.669. The molecule has 1 N–H and O–H groups in total. The maximum Gasteiger partial charge on any atom is 0.0396 e. The van der Waals surface area contributed by atoms with Crippen molar-refractivity contribution in [3.63, 3.8) is 0 Å². The number of benzene rings is 2. The molecule has 1 heterocycles. The SMILES string of the molecule is CNCc1ccc(N2CCC(c3ccccc3)C2)c(C)c1. The molecule has 0 spiro atoms. The Morgan fingerprint density at radius 3 is 2.67 bits per heavy atom. The number of aryl methyl sites for hydroxylation is 1. The number of hydrogen-bond acceptors (Lipinski definition) is 2. The quantitative estimate of drug-likeness (QED) is 0.918. The summed E-state index contributed by atoms with van der Waals surface area (Å²) in [5.41, 5.74) is 5.62. The summed E-state index contributed by atoms with van der Waals surface area (Å²) in [5, 5.41) is 3.22. The normalized spacial score (nSPS) is 18.2. The molecule has 1 unspecified atom stereocenters. The molecule has 1 atom stereocenters. The fraction of sp³-hybridized carbons (Fsp3) is 0.368. The van der Waals surface area contributed by atoms with E-state index in [9.17, 15) is 0 Å². The van der Waals surface area contributed by atoms with Crippen molar-refractivity contribution in [3.8, 4) is 0 Å².